The van der Waals surface area contributed by atoms with Gasteiger partial charge in [-0.1, -0.05) is 0 Å². The molecule has 0 saturated heterocycles. The van der Waals surface area contributed by atoms with E-state index < -0.39 is 24.8 Å². The smallest absolute Gasteiger partial charge is 0.508 e. The molecule has 0 saturated carbocycles. The molecule has 0 aromatic carbocycles. The van der Waals surface area contributed by atoms with Crippen LogP contribution in [0.15, 0.2) is 0 Å². The van der Waals surface area contributed by atoms with Gasteiger partial charge in [0.05, 0.1) is 31.8 Å². The third kappa shape index (κ3) is 9.54. The Morgan fingerprint density at radius 2 is 1.82 bits per heavy atom. The van der Waals surface area contributed by atoms with Crippen LogP contribution in [0, 0.1) is 0 Å². The van der Waals surface area contributed by atoms with Gasteiger partial charge in [0.15, 0.2) is 0 Å². The minimum Gasteiger partial charge on any atom is -0.548 e. The first kappa shape index (κ1) is 15.6. The molecule has 0 fully saturated rings. The summed E-state index contributed by atoms with van der Waals surface area (Å²) in [5.41, 5.74) is 5.04. The quantitative estimate of drug-likeness (QED) is 0.364. The van der Waals surface area contributed by atoms with Gasteiger partial charge in [0.25, 0.3) is 0 Å². The topological polar surface area (TPSA) is 120 Å². The van der Waals surface area contributed by atoms with E-state index in [9.17, 15) is 14.7 Å². The van der Waals surface area contributed by atoms with Gasteiger partial charge in [-0.3, -0.25) is 0 Å². The molecule has 1 atom stereocenters. The third-order valence-corrected chi connectivity index (χ3v) is 1.56. The number of ether oxygens (including phenoxy) is 4. The maximum Gasteiger partial charge on any atom is 0.508 e. The Morgan fingerprint density at radius 3 is 2.41 bits per heavy atom. The highest BCUT2D eigenvalue weighted by Crippen LogP contribution is 1.88. The molecular formula is C9H16NO7-. The second kappa shape index (κ2) is 9.82. The van der Waals surface area contributed by atoms with E-state index in [0.29, 0.717) is 13.2 Å². The second-order valence-corrected chi connectivity index (χ2v) is 2.94. The molecule has 0 aromatic heterocycles. The lowest BCUT2D eigenvalue weighted by molar-refractivity contribution is -0.308. The molecule has 0 heterocycles. The van der Waals surface area contributed by atoms with E-state index >= 15 is 0 Å². The summed E-state index contributed by atoms with van der Waals surface area (Å²) in [6.07, 6.45) is -1.00. The van der Waals surface area contributed by atoms with Crippen LogP contribution in [-0.2, 0) is 23.7 Å². The molecule has 100 valence electrons. The Hall–Kier alpha value is -1.38. The average molecular weight is 250 g/mol. The molecule has 2 N–H and O–H groups in total. The summed E-state index contributed by atoms with van der Waals surface area (Å²) in [7, 11) is 1.54. The highest BCUT2D eigenvalue weighted by molar-refractivity contribution is 5.71. The van der Waals surface area contributed by atoms with Gasteiger partial charge >= 0.3 is 6.16 Å². The number of aliphatic carboxylic acids is 1. The van der Waals surface area contributed by atoms with Gasteiger partial charge in [-0.05, 0) is 0 Å². The summed E-state index contributed by atoms with van der Waals surface area (Å²) >= 11 is 0. The van der Waals surface area contributed by atoms with Gasteiger partial charge in [0, 0.05) is 7.11 Å². The first-order valence-electron chi connectivity index (χ1n) is 4.90. The van der Waals surface area contributed by atoms with E-state index in [1.165, 1.54) is 7.11 Å². The molecule has 17 heavy (non-hydrogen) atoms. The van der Waals surface area contributed by atoms with Crippen LogP contribution in [0.2, 0.25) is 0 Å². The van der Waals surface area contributed by atoms with Crippen LogP contribution in [0.4, 0.5) is 4.79 Å². The van der Waals surface area contributed by atoms with Crippen LogP contribution in [0.1, 0.15) is 0 Å². The number of hydrogen-bond acceptors (Lipinski definition) is 8. The maximum atomic E-state index is 10.9. The van der Waals surface area contributed by atoms with Gasteiger partial charge < -0.3 is 34.6 Å². The molecule has 0 rings (SSSR count). The van der Waals surface area contributed by atoms with E-state index in [1.807, 2.05) is 0 Å². The third-order valence-electron chi connectivity index (χ3n) is 1.56. The van der Waals surface area contributed by atoms with Crippen molar-refractivity contribution in [1.82, 2.24) is 0 Å². The molecule has 0 unspecified atom stereocenters. The summed E-state index contributed by atoms with van der Waals surface area (Å²) in [6, 6.07) is -1.36. The van der Waals surface area contributed by atoms with E-state index in [0.717, 1.165) is 0 Å². The predicted octanol–water partition coefficient (Wildman–Crippen LogP) is -2.12. The molecule has 0 radical (unpaired) electrons. The lowest BCUT2D eigenvalue weighted by Crippen LogP contribution is -2.45. The van der Waals surface area contributed by atoms with Gasteiger partial charge in [0.2, 0.25) is 0 Å². The Kier molecular flexibility index (Phi) is 9.02. The van der Waals surface area contributed by atoms with E-state index in [4.69, 9.17) is 15.2 Å². The fraction of sp³-hybridized carbons (Fsp3) is 0.778. The molecule has 0 aromatic rings. The minimum atomic E-state index is -1.50. The molecule has 8 heteroatoms. The van der Waals surface area contributed by atoms with Crippen LogP contribution in [0.5, 0.6) is 0 Å². The Bertz CT molecular complexity index is 233. The van der Waals surface area contributed by atoms with Crippen LogP contribution in [0.3, 0.4) is 0 Å². The first-order chi connectivity index (χ1) is 8.07. The highest BCUT2D eigenvalue weighted by atomic mass is 16.7. The number of methoxy groups -OCH3 is 1. The number of rotatable bonds is 9. The predicted molar refractivity (Wildman–Crippen MR) is 53.0 cm³/mol. The zero-order chi connectivity index (χ0) is 13.1. The van der Waals surface area contributed by atoms with Gasteiger partial charge in [-0.2, -0.15) is 0 Å². The number of hydrogen-bond donors (Lipinski definition) is 1. The molecule has 0 bridgehead atoms. The highest BCUT2D eigenvalue weighted by Gasteiger charge is 2.08. The van der Waals surface area contributed by atoms with Gasteiger partial charge in [-0.25, -0.2) is 4.79 Å². The van der Waals surface area contributed by atoms with Crippen molar-refractivity contribution in [3.8, 4) is 0 Å². The van der Waals surface area contributed by atoms with Crippen LogP contribution in [0.25, 0.3) is 0 Å². The molecule has 0 aliphatic heterocycles. The molecular weight excluding hydrogens is 234 g/mol. The lowest BCUT2D eigenvalue weighted by atomic mass is 10.3. The molecule has 8 nitrogen and oxygen atoms in total. The van der Waals surface area contributed by atoms with Crippen molar-refractivity contribution in [2.24, 2.45) is 5.73 Å². The lowest BCUT2D eigenvalue weighted by Gasteiger charge is -2.12. The van der Waals surface area contributed by atoms with Crippen LogP contribution >= 0.6 is 0 Å². The van der Waals surface area contributed by atoms with Crippen LogP contribution < -0.4 is 10.8 Å². The molecule has 0 aliphatic rings. The molecule has 0 amide bonds. The monoisotopic (exact) mass is 250 g/mol. The summed E-state index contributed by atoms with van der Waals surface area (Å²) in [5.74, 6) is -1.50. The van der Waals surface area contributed by atoms with Gasteiger partial charge in [0.1, 0.15) is 13.2 Å². The van der Waals surface area contributed by atoms with Crippen molar-refractivity contribution in [1.29, 1.82) is 0 Å². The van der Waals surface area contributed by atoms with Crippen LogP contribution in [-0.4, -0.2) is 58.3 Å². The average Bonchev–Trinajstić information content (AvgIpc) is 2.30. The second-order valence-electron chi connectivity index (χ2n) is 2.94. The standard InChI is InChI=1S/C9H17NO7/c1-14-2-3-15-4-5-16-9(13)17-6-7(10)8(11)12/h7H,2-6,10H2,1H3,(H,11,12)/p-1/t7-/m0/s1. The summed E-state index contributed by atoms with van der Waals surface area (Å²) in [5, 5.41) is 10.2. The zero-order valence-corrected chi connectivity index (χ0v) is 9.55. The van der Waals surface area contributed by atoms with Crippen molar-refractivity contribution >= 4 is 12.1 Å². The fourth-order valence-corrected chi connectivity index (χ4v) is 0.696. The zero-order valence-electron chi connectivity index (χ0n) is 9.55. The minimum absolute atomic E-state index is 0.00308. The van der Waals surface area contributed by atoms with Gasteiger partial charge in [-0.15, -0.1) is 0 Å². The van der Waals surface area contributed by atoms with E-state index in [1.54, 1.807) is 0 Å². The van der Waals surface area contributed by atoms with E-state index in [-0.39, 0.29) is 13.2 Å². The molecule has 0 aliphatic carbocycles. The number of carboxylic acids is 1. The maximum absolute atomic E-state index is 10.9. The van der Waals surface area contributed by atoms with Crippen molar-refractivity contribution < 1.29 is 33.6 Å². The number of carboxylic acid groups (broad SMARTS) is 1. The summed E-state index contributed by atoms with van der Waals surface area (Å²) < 4.78 is 18.7. The van der Waals surface area contributed by atoms with Crippen molar-refractivity contribution in [2.75, 3.05) is 40.1 Å². The first-order valence-corrected chi connectivity index (χ1v) is 4.90. The number of carbonyl (C=O) groups excluding carboxylic acids is 2. The van der Waals surface area contributed by atoms with E-state index in [2.05, 4.69) is 9.47 Å². The fourth-order valence-electron chi connectivity index (χ4n) is 0.696. The van der Waals surface area contributed by atoms with Crippen molar-refractivity contribution in [3.05, 3.63) is 0 Å². The summed E-state index contributed by atoms with van der Waals surface area (Å²) in [6.45, 7) is 0.551. The normalized spacial score (nSPS) is 11.9. The SMILES string of the molecule is COCCOCCOC(=O)OC[C@H](N)C(=O)[O-]. The molecule has 0 spiro atoms. The largest absolute Gasteiger partial charge is 0.548 e. The summed E-state index contributed by atoms with van der Waals surface area (Å²) in [4.78, 5) is 21.0. The van der Waals surface area contributed by atoms with Crippen molar-refractivity contribution in [2.45, 2.75) is 6.04 Å². The Balaban J connectivity index is 3.38. The Labute approximate surface area is 98.6 Å². The number of carbonyl (C=O) groups is 2. The number of nitrogens with two attached hydrogens (primary N) is 1. The Morgan fingerprint density at radius 1 is 1.18 bits per heavy atom. The van der Waals surface area contributed by atoms with Crippen molar-refractivity contribution in [3.63, 3.8) is 0 Å².